The van der Waals surface area contributed by atoms with Gasteiger partial charge in [0.05, 0.1) is 23.3 Å². The van der Waals surface area contributed by atoms with Crippen LogP contribution in [-0.4, -0.2) is 43.1 Å². The molecule has 2 fully saturated rings. The number of nitriles is 1. The van der Waals surface area contributed by atoms with E-state index in [1.165, 1.54) is 0 Å². The summed E-state index contributed by atoms with van der Waals surface area (Å²) in [7, 11) is 3.57. The van der Waals surface area contributed by atoms with Gasteiger partial charge in [0, 0.05) is 39.0 Å². The molecule has 8 nitrogen and oxygen atoms in total. The van der Waals surface area contributed by atoms with E-state index < -0.39 is 0 Å². The molecule has 1 aliphatic heterocycles. The lowest BCUT2D eigenvalue weighted by Crippen LogP contribution is -2.41. The minimum atomic E-state index is -0.327. The third kappa shape index (κ3) is 2.65. The van der Waals surface area contributed by atoms with Crippen molar-refractivity contribution >= 4 is 11.8 Å². The van der Waals surface area contributed by atoms with Crippen LogP contribution in [0.15, 0.2) is 24.5 Å². The van der Waals surface area contributed by atoms with Crippen LogP contribution in [0, 0.1) is 11.3 Å². The van der Waals surface area contributed by atoms with Gasteiger partial charge in [0.1, 0.15) is 11.8 Å². The average molecular weight is 352 g/mol. The fourth-order valence-electron chi connectivity index (χ4n) is 3.78. The number of aryl methyl sites for hydroxylation is 2. The first-order valence-electron chi connectivity index (χ1n) is 8.66. The molecular formula is C18H20N6O2. The fraction of sp³-hybridized carbons (Fsp3) is 0.444. The van der Waals surface area contributed by atoms with Gasteiger partial charge in [-0.2, -0.15) is 10.4 Å². The fourth-order valence-corrected chi connectivity index (χ4v) is 3.78. The highest BCUT2D eigenvalue weighted by Crippen LogP contribution is 2.41. The highest BCUT2D eigenvalue weighted by molar-refractivity contribution is 5.94. The predicted molar refractivity (Wildman–Crippen MR) is 91.8 cm³/mol. The van der Waals surface area contributed by atoms with Crippen molar-refractivity contribution in [3.63, 3.8) is 0 Å². The van der Waals surface area contributed by atoms with Crippen molar-refractivity contribution in [1.29, 1.82) is 5.26 Å². The molecule has 1 saturated carbocycles. The van der Waals surface area contributed by atoms with E-state index in [1.807, 2.05) is 24.1 Å². The van der Waals surface area contributed by atoms with Crippen LogP contribution >= 0.6 is 0 Å². The monoisotopic (exact) mass is 352 g/mol. The Kier molecular flexibility index (Phi) is 3.80. The molecule has 2 amide bonds. The smallest absolute Gasteiger partial charge is 0.268 e. The summed E-state index contributed by atoms with van der Waals surface area (Å²) in [6.07, 6.45) is 5.60. The number of nitrogens with one attached hydrogen (secondary N) is 1. The Morgan fingerprint density at radius 1 is 1.38 bits per heavy atom. The van der Waals surface area contributed by atoms with Crippen LogP contribution in [0.1, 0.15) is 47.1 Å². The third-order valence-corrected chi connectivity index (χ3v) is 5.15. The molecule has 1 saturated heterocycles. The highest BCUT2D eigenvalue weighted by atomic mass is 16.2. The molecule has 0 radical (unpaired) electrons. The summed E-state index contributed by atoms with van der Waals surface area (Å²) in [6.45, 7) is 0. The Morgan fingerprint density at radius 3 is 2.73 bits per heavy atom. The Hall–Kier alpha value is -3.08. The first-order valence-corrected chi connectivity index (χ1v) is 8.66. The standard InChI is InChI=1S/C18H20N6O2/c1-22-10-11(9-19)7-15(22)18(26)21-13-8-16(25)24(12-3-4-12)17(13)14-5-6-20-23(14)2/h5-7,10,12-13,17H,3-4,8H2,1-2H3,(H,21,26)/t13-,17-/m1/s1. The summed E-state index contributed by atoms with van der Waals surface area (Å²) < 4.78 is 3.39. The second kappa shape index (κ2) is 6.02. The molecule has 0 spiro atoms. The van der Waals surface area contributed by atoms with Crippen molar-refractivity contribution in [2.45, 2.75) is 37.4 Å². The minimum Gasteiger partial charge on any atom is -0.345 e. The molecule has 2 aromatic rings. The summed E-state index contributed by atoms with van der Waals surface area (Å²) in [4.78, 5) is 27.3. The van der Waals surface area contributed by atoms with Gasteiger partial charge in [-0.05, 0) is 25.0 Å². The molecule has 2 aromatic heterocycles. The number of carbonyl (C=O) groups is 2. The third-order valence-electron chi connectivity index (χ3n) is 5.15. The number of hydrogen-bond donors (Lipinski definition) is 1. The van der Waals surface area contributed by atoms with E-state index in [4.69, 9.17) is 5.26 Å². The summed E-state index contributed by atoms with van der Waals surface area (Å²) >= 11 is 0. The summed E-state index contributed by atoms with van der Waals surface area (Å²) in [5.41, 5.74) is 1.75. The van der Waals surface area contributed by atoms with Gasteiger partial charge in [-0.15, -0.1) is 0 Å². The van der Waals surface area contributed by atoms with E-state index in [1.54, 1.807) is 34.8 Å². The number of likely N-dealkylation sites (tertiary alicyclic amines) is 1. The molecule has 2 aliphatic rings. The zero-order valence-electron chi connectivity index (χ0n) is 14.7. The second-order valence-corrected chi connectivity index (χ2v) is 6.98. The van der Waals surface area contributed by atoms with Crippen molar-refractivity contribution in [3.8, 4) is 6.07 Å². The first-order chi connectivity index (χ1) is 12.5. The van der Waals surface area contributed by atoms with E-state index in [9.17, 15) is 9.59 Å². The van der Waals surface area contributed by atoms with E-state index in [0.717, 1.165) is 18.5 Å². The molecule has 3 heterocycles. The quantitative estimate of drug-likeness (QED) is 0.883. The Labute approximate surface area is 151 Å². The van der Waals surface area contributed by atoms with Gasteiger partial charge in [-0.1, -0.05) is 0 Å². The Balaban J connectivity index is 1.63. The molecule has 26 heavy (non-hydrogen) atoms. The molecule has 134 valence electrons. The van der Waals surface area contributed by atoms with Crippen LogP contribution in [0.25, 0.3) is 0 Å². The van der Waals surface area contributed by atoms with Crippen LogP contribution in [-0.2, 0) is 18.9 Å². The number of hydrogen-bond acceptors (Lipinski definition) is 4. The minimum absolute atomic E-state index is 0.0635. The van der Waals surface area contributed by atoms with Gasteiger partial charge < -0.3 is 14.8 Å². The highest BCUT2D eigenvalue weighted by Gasteiger charge is 2.48. The van der Waals surface area contributed by atoms with Gasteiger partial charge >= 0.3 is 0 Å². The molecule has 2 atom stereocenters. The molecule has 0 unspecified atom stereocenters. The topological polar surface area (TPSA) is 95.9 Å². The van der Waals surface area contributed by atoms with Crippen LogP contribution in [0.3, 0.4) is 0 Å². The predicted octanol–water partition coefficient (Wildman–Crippen LogP) is 0.865. The van der Waals surface area contributed by atoms with Crippen LogP contribution in [0.4, 0.5) is 0 Å². The van der Waals surface area contributed by atoms with Crippen molar-refractivity contribution < 1.29 is 9.59 Å². The van der Waals surface area contributed by atoms with Gasteiger partial charge in [0.2, 0.25) is 5.91 Å². The van der Waals surface area contributed by atoms with Crippen molar-refractivity contribution in [2.24, 2.45) is 14.1 Å². The maximum Gasteiger partial charge on any atom is 0.268 e. The van der Waals surface area contributed by atoms with Crippen molar-refractivity contribution in [3.05, 3.63) is 41.5 Å². The Bertz CT molecular complexity index is 917. The summed E-state index contributed by atoms with van der Waals surface area (Å²) in [5, 5.41) is 16.3. The zero-order chi connectivity index (χ0) is 18.4. The Morgan fingerprint density at radius 2 is 2.15 bits per heavy atom. The SMILES string of the molecule is Cn1cc(C#N)cc1C(=O)N[C@@H]1CC(=O)N(C2CC2)[C@H]1c1ccnn1C. The summed E-state index contributed by atoms with van der Waals surface area (Å²) in [6, 6.07) is 5.20. The van der Waals surface area contributed by atoms with Gasteiger partial charge in [0.25, 0.3) is 5.91 Å². The van der Waals surface area contributed by atoms with E-state index in [2.05, 4.69) is 10.4 Å². The van der Waals surface area contributed by atoms with Gasteiger partial charge in [-0.25, -0.2) is 0 Å². The van der Waals surface area contributed by atoms with Crippen LogP contribution in [0.5, 0.6) is 0 Å². The van der Waals surface area contributed by atoms with E-state index in [0.29, 0.717) is 11.3 Å². The van der Waals surface area contributed by atoms with Crippen LogP contribution < -0.4 is 5.32 Å². The zero-order valence-corrected chi connectivity index (χ0v) is 14.7. The lowest BCUT2D eigenvalue weighted by atomic mass is 10.1. The van der Waals surface area contributed by atoms with E-state index in [-0.39, 0.29) is 36.4 Å². The molecule has 1 N–H and O–H groups in total. The number of amides is 2. The molecule has 8 heteroatoms. The first kappa shape index (κ1) is 16.4. The van der Waals surface area contributed by atoms with Gasteiger partial charge in [0.15, 0.2) is 0 Å². The second-order valence-electron chi connectivity index (χ2n) is 6.98. The number of carbonyl (C=O) groups excluding carboxylic acids is 2. The molecular weight excluding hydrogens is 332 g/mol. The lowest BCUT2D eigenvalue weighted by Gasteiger charge is -2.28. The maximum absolute atomic E-state index is 12.8. The lowest BCUT2D eigenvalue weighted by molar-refractivity contribution is -0.129. The molecule has 0 aromatic carbocycles. The average Bonchev–Trinajstić information content (AvgIpc) is 3.11. The number of nitrogens with zero attached hydrogens (tertiary/aromatic N) is 5. The summed E-state index contributed by atoms with van der Waals surface area (Å²) in [5.74, 6) is -0.217. The largest absolute Gasteiger partial charge is 0.345 e. The number of aromatic nitrogens is 3. The maximum atomic E-state index is 12.8. The molecule has 1 aliphatic carbocycles. The molecule has 4 rings (SSSR count). The number of rotatable bonds is 4. The van der Waals surface area contributed by atoms with Crippen molar-refractivity contribution in [2.75, 3.05) is 0 Å². The normalized spacial score (nSPS) is 22.5. The molecule has 0 bridgehead atoms. The van der Waals surface area contributed by atoms with Crippen molar-refractivity contribution in [1.82, 2.24) is 24.6 Å². The van der Waals surface area contributed by atoms with Gasteiger partial charge in [-0.3, -0.25) is 14.3 Å². The van der Waals surface area contributed by atoms with E-state index >= 15 is 0 Å². The van der Waals surface area contributed by atoms with Crippen LogP contribution in [0.2, 0.25) is 0 Å².